The first kappa shape index (κ1) is 9.93. The van der Waals surface area contributed by atoms with Gasteiger partial charge in [0, 0.05) is 31.1 Å². The Morgan fingerprint density at radius 2 is 2.14 bits per heavy atom. The summed E-state index contributed by atoms with van der Waals surface area (Å²) in [6.45, 7) is 0.782. The first-order valence-electron chi connectivity index (χ1n) is 5.52. The van der Waals surface area contributed by atoms with Crippen molar-refractivity contribution in [3.05, 3.63) is 0 Å². The summed E-state index contributed by atoms with van der Waals surface area (Å²) < 4.78 is 0. The molecule has 1 saturated carbocycles. The number of nitrogens with two attached hydrogens (primary N) is 1. The summed E-state index contributed by atoms with van der Waals surface area (Å²) in [7, 11) is 0. The largest absolute Gasteiger partial charge is 0.355 e. The van der Waals surface area contributed by atoms with Crippen LogP contribution in [0.5, 0.6) is 0 Å². The normalized spacial score (nSPS) is 38.4. The van der Waals surface area contributed by atoms with Gasteiger partial charge in [-0.25, -0.2) is 0 Å². The van der Waals surface area contributed by atoms with Gasteiger partial charge < -0.3 is 16.4 Å². The van der Waals surface area contributed by atoms with Crippen LogP contribution in [0.15, 0.2) is 0 Å². The van der Waals surface area contributed by atoms with Gasteiger partial charge in [-0.05, 0) is 25.7 Å². The molecular formula is C10H19N3O. The second kappa shape index (κ2) is 4.28. The van der Waals surface area contributed by atoms with E-state index >= 15 is 0 Å². The molecule has 4 heteroatoms. The van der Waals surface area contributed by atoms with Crippen LogP contribution in [-0.2, 0) is 4.79 Å². The molecule has 0 aromatic rings. The zero-order valence-electron chi connectivity index (χ0n) is 8.46. The predicted octanol–water partition coefficient (Wildman–Crippen LogP) is -0.266. The van der Waals surface area contributed by atoms with Crippen LogP contribution in [0.4, 0.5) is 0 Å². The molecule has 2 rings (SSSR count). The lowest BCUT2D eigenvalue weighted by molar-refractivity contribution is -0.122. The molecule has 3 atom stereocenters. The quantitative estimate of drug-likeness (QED) is 0.571. The Morgan fingerprint density at radius 3 is 2.71 bits per heavy atom. The predicted molar refractivity (Wildman–Crippen MR) is 54.8 cm³/mol. The van der Waals surface area contributed by atoms with E-state index in [0.29, 0.717) is 24.5 Å². The first-order valence-corrected chi connectivity index (χ1v) is 5.52. The van der Waals surface area contributed by atoms with Gasteiger partial charge in [-0.15, -0.1) is 0 Å². The fourth-order valence-electron chi connectivity index (χ4n) is 2.38. The molecule has 0 spiro atoms. The Balaban J connectivity index is 1.72. The molecule has 80 valence electrons. The Labute approximate surface area is 84.6 Å². The molecule has 1 aliphatic carbocycles. The molecule has 1 aliphatic heterocycles. The van der Waals surface area contributed by atoms with Crippen LogP contribution in [0.25, 0.3) is 0 Å². The van der Waals surface area contributed by atoms with Gasteiger partial charge in [0.1, 0.15) is 0 Å². The summed E-state index contributed by atoms with van der Waals surface area (Å²) in [5, 5.41) is 6.46. The lowest BCUT2D eigenvalue weighted by atomic mass is 10.1. The second-order valence-corrected chi connectivity index (χ2v) is 4.48. The summed E-state index contributed by atoms with van der Waals surface area (Å²) in [6, 6.07) is 1.42. The van der Waals surface area contributed by atoms with E-state index in [1.807, 2.05) is 0 Å². The lowest BCUT2D eigenvalue weighted by Crippen LogP contribution is -2.48. The van der Waals surface area contributed by atoms with E-state index in [4.69, 9.17) is 5.73 Å². The summed E-state index contributed by atoms with van der Waals surface area (Å²) in [6.07, 6.45) is 5.04. The van der Waals surface area contributed by atoms with Gasteiger partial charge in [0.15, 0.2) is 0 Å². The van der Waals surface area contributed by atoms with Crippen LogP contribution < -0.4 is 16.4 Å². The van der Waals surface area contributed by atoms with Crippen molar-refractivity contribution < 1.29 is 4.79 Å². The van der Waals surface area contributed by atoms with Crippen molar-refractivity contribution in [1.29, 1.82) is 0 Å². The fraction of sp³-hybridized carbons (Fsp3) is 0.900. The topological polar surface area (TPSA) is 67.1 Å². The van der Waals surface area contributed by atoms with Crippen molar-refractivity contribution in [2.75, 3.05) is 6.54 Å². The summed E-state index contributed by atoms with van der Waals surface area (Å²) >= 11 is 0. The fourth-order valence-corrected chi connectivity index (χ4v) is 2.38. The third kappa shape index (κ3) is 2.45. The van der Waals surface area contributed by atoms with Gasteiger partial charge in [-0.3, -0.25) is 4.79 Å². The van der Waals surface area contributed by atoms with E-state index in [1.54, 1.807) is 0 Å². The second-order valence-electron chi connectivity index (χ2n) is 4.48. The molecule has 0 aromatic heterocycles. The Hall–Kier alpha value is -0.610. The number of carbonyl (C=O) groups excluding carboxylic acids is 1. The van der Waals surface area contributed by atoms with Crippen LogP contribution in [0.1, 0.15) is 32.1 Å². The van der Waals surface area contributed by atoms with Gasteiger partial charge in [0.2, 0.25) is 5.91 Å². The van der Waals surface area contributed by atoms with Crippen LogP contribution in [0.3, 0.4) is 0 Å². The molecule has 0 aromatic carbocycles. The summed E-state index contributed by atoms with van der Waals surface area (Å²) in [5.41, 5.74) is 5.84. The molecule has 3 unspecified atom stereocenters. The minimum atomic E-state index is 0.186. The average Bonchev–Trinajstić information content (AvgIpc) is 2.56. The standard InChI is InChI=1S/C10H19N3O/c11-7-1-2-8(5-7)13-9-3-4-10(14)12-6-9/h7-9,13H,1-6,11H2,(H,12,14). The molecule has 1 heterocycles. The molecule has 1 amide bonds. The minimum Gasteiger partial charge on any atom is -0.355 e. The molecule has 2 fully saturated rings. The number of hydrogen-bond acceptors (Lipinski definition) is 3. The molecule has 0 radical (unpaired) electrons. The van der Waals surface area contributed by atoms with Gasteiger partial charge in [0.05, 0.1) is 0 Å². The van der Waals surface area contributed by atoms with Gasteiger partial charge in [0.25, 0.3) is 0 Å². The first-order chi connectivity index (χ1) is 6.74. The molecule has 14 heavy (non-hydrogen) atoms. The summed E-state index contributed by atoms with van der Waals surface area (Å²) in [5.74, 6) is 0.186. The highest BCUT2D eigenvalue weighted by molar-refractivity contribution is 5.76. The smallest absolute Gasteiger partial charge is 0.220 e. The van der Waals surface area contributed by atoms with Gasteiger partial charge >= 0.3 is 0 Å². The van der Waals surface area contributed by atoms with Crippen molar-refractivity contribution in [3.8, 4) is 0 Å². The summed E-state index contributed by atoms with van der Waals surface area (Å²) in [4.78, 5) is 10.9. The monoisotopic (exact) mass is 197 g/mol. The highest BCUT2D eigenvalue weighted by Gasteiger charge is 2.25. The molecule has 0 bridgehead atoms. The number of hydrogen-bond donors (Lipinski definition) is 3. The van der Waals surface area contributed by atoms with E-state index in [-0.39, 0.29) is 5.91 Å². The molecular weight excluding hydrogens is 178 g/mol. The van der Waals surface area contributed by atoms with E-state index < -0.39 is 0 Å². The number of rotatable bonds is 2. The number of amides is 1. The Kier molecular flexibility index (Phi) is 3.03. The van der Waals surface area contributed by atoms with Crippen LogP contribution >= 0.6 is 0 Å². The Bertz CT molecular complexity index is 209. The third-order valence-corrected chi connectivity index (χ3v) is 3.21. The van der Waals surface area contributed by atoms with Crippen LogP contribution in [0.2, 0.25) is 0 Å². The van der Waals surface area contributed by atoms with Crippen molar-refractivity contribution in [2.45, 2.75) is 50.2 Å². The van der Waals surface area contributed by atoms with Crippen molar-refractivity contribution in [1.82, 2.24) is 10.6 Å². The van der Waals surface area contributed by atoms with Crippen molar-refractivity contribution in [3.63, 3.8) is 0 Å². The SMILES string of the molecule is NC1CCC(NC2CCC(=O)NC2)C1. The van der Waals surface area contributed by atoms with Gasteiger partial charge in [-0.1, -0.05) is 0 Å². The van der Waals surface area contributed by atoms with Crippen molar-refractivity contribution >= 4 is 5.91 Å². The lowest BCUT2D eigenvalue weighted by Gasteiger charge is -2.26. The minimum absolute atomic E-state index is 0.186. The van der Waals surface area contributed by atoms with Crippen LogP contribution in [-0.4, -0.2) is 30.6 Å². The van der Waals surface area contributed by atoms with E-state index in [0.717, 1.165) is 25.8 Å². The van der Waals surface area contributed by atoms with Gasteiger partial charge in [-0.2, -0.15) is 0 Å². The van der Waals surface area contributed by atoms with Crippen molar-refractivity contribution in [2.24, 2.45) is 5.73 Å². The Morgan fingerprint density at radius 1 is 1.29 bits per heavy atom. The maximum absolute atomic E-state index is 10.9. The highest BCUT2D eigenvalue weighted by atomic mass is 16.1. The molecule has 4 N–H and O–H groups in total. The third-order valence-electron chi connectivity index (χ3n) is 3.21. The maximum atomic E-state index is 10.9. The number of piperidine rings is 1. The number of carbonyl (C=O) groups is 1. The maximum Gasteiger partial charge on any atom is 0.220 e. The van der Waals surface area contributed by atoms with E-state index in [1.165, 1.54) is 6.42 Å². The zero-order valence-corrected chi connectivity index (χ0v) is 8.46. The van der Waals surface area contributed by atoms with Crippen LogP contribution in [0, 0.1) is 0 Å². The average molecular weight is 197 g/mol. The van der Waals surface area contributed by atoms with E-state index in [9.17, 15) is 4.79 Å². The molecule has 2 aliphatic rings. The highest BCUT2D eigenvalue weighted by Crippen LogP contribution is 2.18. The molecule has 1 saturated heterocycles. The molecule has 4 nitrogen and oxygen atoms in total. The van der Waals surface area contributed by atoms with E-state index in [2.05, 4.69) is 10.6 Å². The number of nitrogens with one attached hydrogen (secondary N) is 2. The zero-order chi connectivity index (χ0) is 9.97.